The first-order valence-corrected chi connectivity index (χ1v) is 6.40. The van der Waals surface area contributed by atoms with E-state index >= 15 is 0 Å². The predicted molar refractivity (Wildman–Crippen MR) is 65.6 cm³/mol. The summed E-state index contributed by atoms with van der Waals surface area (Å²) in [4.78, 5) is 4.08. The molecule has 1 aliphatic heterocycles. The molecule has 0 amide bonds. The van der Waals surface area contributed by atoms with Gasteiger partial charge >= 0.3 is 0 Å². The van der Waals surface area contributed by atoms with Crippen LogP contribution in [0.3, 0.4) is 0 Å². The summed E-state index contributed by atoms with van der Waals surface area (Å²) in [6, 6.07) is 2.30. The van der Waals surface area contributed by atoms with Crippen LogP contribution in [0.2, 0.25) is 0 Å². The van der Waals surface area contributed by atoms with Crippen LogP contribution >= 0.6 is 0 Å². The van der Waals surface area contributed by atoms with E-state index in [4.69, 9.17) is 4.74 Å². The Morgan fingerprint density at radius 1 is 1.61 bits per heavy atom. The summed E-state index contributed by atoms with van der Waals surface area (Å²) in [5.41, 5.74) is 0.00402. The largest absolute Gasteiger partial charge is 0.385 e. The summed E-state index contributed by atoms with van der Waals surface area (Å²) in [5, 5.41) is 20.0. The second-order valence-corrected chi connectivity index (χ2v) is 4.79. The summed E-state index contributed by atoms with van der Waals surface area (Å²) >= 11 is 0. The number of ether oxygens (including phenoxy) is 1. The molecule has 18 heavy (non-hydrogen) atoms. The summed E-state index contributed by atoms with van der Waals surface area (Å²) in [7, 11) is 0. The summed E-state index contributed by atoms with van der Waals surface area (Å²) in [6.45, 7) is 3.95. The molecule has 1 atom stereocenters. The van der Waals surface area contributed by atoms with Gasteiger partial charge in [0.15, 0.2) is 0 Å². The lowest BCUT2D eigenvalue weighted by molar-refractivity contribution is -0.0340. The number of nitrogens with zero attached hydrogens (tertiary/aromatic N) is 3. The van der Waals surface area contributed by atoms with Crippen LogP contribution < -0.4 is 0 Å². The van der Waals surface area contributed by atoms with E-state index < -0.39 is 11.5 Å². The molecular formula is C13H19N3O2. The van der Waals surface area contributed by atoms with Crippen LogP contribution in [0, 0.1) is 16.7 Å². The van der Waals surface area contributed by atoms with Gasteiger partial charge in [0.2, 0.25) is 0 Å². The third-order valence-corrected chi connectivity index (χ3v) is 3.62. The minimum Gasteiger partial charge on any atom is -0.385 e. The van der Waals surface area contributed by atoms with Gasteiger partial charge in [0.05, 0.1) is 29.7 Å². The molecule has 0 aliphatic carbocycles. The van der Waals surface area contributed by atoms with Gasteiger partial charge in [0.1, 0.15) is 6.10 Å². The van der Waals surface area contributed by atoms with Gasteiger partial charge in [-0.15, -0.1) is 0 Å². The van der Waals surface area contributed by atoms with Crippen LogP contribution in [-0.2, 0) is 11.3 Å². The maximum Gasteiger partial charge on any atom is 0.114 e. The van der Waals surface area contributed by atoms with Crippen molar-refractivity contribution in [1.82, 2.24) is 9.55 Å². The van der Waals surface area contributed by atoms with Crippen LogP contribution in [0.4, 0.5) is 0 Å². The Labute approximate surface area is 107 Å². The van der Waals surface area contributed by atoms with Gasteiger partial charge in [-0.1, -0.05) is 6.92 Å². The zero-order valence-corrected chi connectivity index (χ0v) is 10.7. The van der Waals surface area contributed by atoms with E-state index in [1.807, 2.05) is 4.57 Å². The lowest BCUT2D eigenvalue weighted by Gasteiger charge is -2.35. The van der Waals surface area contributed by atoms with Crippen LogP contribution in [-0.4, -0.2) is 27.9 Å². The van der Waals surface area contributed by atoms with Gasteiger partial charge in [-0.05, 0) is 19.3 Å². The molecule has 98 valence electrons. The van der Waals surface area contributed by atoms with Crippen molar-refractivity contribution >= 4 is 0 Å². The third kappa shape index (κ3) is 2.26. The zero-order chi connectivity index (χ0) is 13.0. The molecule has 5 nitrogen and oxygen atoms in total. The summed E-state index contributed by atoms with van der Waals surface area (Å²) in [5.74, 6) is 0. The Morgan fingerprint density at radius 3 is 2.94 bits per heavy atom. The number of aryl methyl sites for hydroxylation is 1. The van der Waals surface area contributed by atoms with Crippen molar-refractivity contribution in [2.24, 2.45) is 5.41 Å². The molecule has 1 fully saturated rings. The Hall–Kier alpha value is -1.38. The quantitative estimate of drug-likeness (QED) is 0.880. The smallest absolute Gasteiger partial charge is 0.114 e. The fourth-order valence-electron chi connectivity index (χ4n) is 2.45. The van der Waals surface area contributed by atoms with Gasteiger partial charge in [0, 0.05) is 19.8 Å². The number of hydrogen-bond acceptors (Lipinski definition) is 4. The Morgan fingerprint density at radius 2 is 2.33 bits per heavy atom. The lowest BCUT2D eigenvalue weighted by Crippen LogP contribution is -2.35. The van der Waals surface area contributed by atoms with Gasteiger partial charge in [0.25, 0.3) is 0 Å². The standard InChI is InChI=1S/C13H19N3O2/c1-2-5-16-10-15-8-11(16)12(17)13(9-14)3-6-18-7-4-13/h8,10,12,17H,2-7H2,1H3. The van der Waals surface area contributed by atoms with E-state index in [2.05, 4.69) is 18.0 Å². The van der Waals surface area contributed by atoms with Crippen molar-refractivity contribution < 1.29 is 9.84 Å². The highest BCUT2D eigenvalue weighted by Gasteiger charge is 2.42. The van der Waals surface area contributed by atoms with Crippen LogP contribution in [0.1, 0.15) is 38.0 Å². The Kier molecular flexibility index (Phi) is 4.00. The Bertz CT molecular complexity index is 430. The number of hydrogen-bond donors (Lipinski definition) is 1. The van der Waals surface area contributed by atoms with Crippen LogP contribution in [0.15, 0.2) is 12.5 Å². The maximum atomic E-state index is 10.6. The second kappa shape index (κ2) is 5.51. The normalized spacial score (nSPS) is 20.3. The molecule has 1 aromatic rings. The highest BCUT2D eigenvalue weighted by atomic mass is 16.5. The molecule has 1 saturated heterocycles. The minimum atomic E-state index is -0.791. The number of nitriles is 1. The van der Waals surface area contributed by atoms with Gasteiger partial charge in [-0.3, -0.25) is 0 Å². The van der Waals surface area contributed by atoms with Crippen LogP contribution in [0.5, 0.6) is 0 Å². The van der Waals surface area contributed by atoms with E-state index in [-0.39, 0.29) is 0 Å². The molecule has 5 heteroatoms. The van der Waals surface area contributed by atoms with E-state index in [9.17, 15) is 10.4 Å². The minimum absolute atomic E-state index is 0.534. The second-order valence-electron chi connectivity index (χ2n) is 4.79. The maximum absolute atomic E-state index is 10.6. The highest BCUT2D eigenvalue weighted by Crippen LogP contribution is 2.41. The highest BCUT2D eigenvalue weighted by molar-refractivity contribution is 5.15. The van der Waals surface area contributed by atoms with Crippen molar-refractivity contribution in [3.63, 3.8) is 0 Å². The fourth-order valence-corrected chi connectivity index (χ4v) is 2.45. The molecule has 0 spiro atoms. The lowest BCUT2D eigenvalue weighted by atomic mass is 9.75. The molecule has 0 saturated carbocycles. The van der Waals surface area contributed by atoms with Crippen molar-refractivity contribution in [1.29, 1.82) is 5.26 Å². The molecule has 1 N–H and O–H groups in total. The average molecular weight is 249 g/mol. The molecule has 0 bridgehead atoms. The molecule has 1 unspecified atom stereocenters. The summed E-state index contributed by atoms with van der Waals surface area (Å²) in [6.07, 6.45) is 4.70. The van der Waals surface area contributed by atoms with E-state index in [1.165, 1.54) is 0 Å². The van der Waals surface area contributed by atoms with Crippen molar-refractivity contribution in [3.05, 3.63) is 18.2 Å². The molecule has 2 heterocycles. The van der Waals surface area contributed by atoms with E-state index in [0.717, 1.165) is 18.7 Å². The molecule has 1 aromatic heterocycles. The number of imidazole rings is 1. The first kappa shape index (κ1) is 13.1. The van der Waals surface area contributed by atoms with E-state index in [1.54, 1.807) is 12.5 Å². The van der Waals surface area contributed by atoms with Gasteiger partial charge in [-0.2, -0.15) is 5.26 Å². The molecule has 2 rings (SSSR count). The SMILES string of the molecule is CCCn1cncc1C(O)C1(C#N)CCOCC1. The summed E-state index contributed by atoms with van der Waals surface area (Å²) < 4.78 is 7.22. The van der Waals surface area contributed by atoms with Gasteiger partial charge in [-0.25, -0.2) is 4.98 Å². The number of aromatic nitrogens is 2. The number of rotatable bonds is 4. The molecular weight excluding hydrogens is 230 g/mol. The topological polar surface area (TPSA) is 71.1 Å². The average Bonchev–Trinajstić information content (AvgIpc) is 2.87. The monoisotopic (exact) mass is 249 g/mol. The van der Waals surface area contributed by atoms with Crippen LogP contribution in [0.25, 0.3) is 0 Å². The molecule has 1 aliphatic rings. The fraction of sp³-hybridized carbons (Fsp3) is 0.692. The number of aliphatic hydroxyl groups is 1. The first-order chi connectivity index (χ1) is 8.73. The van der Waals surface area contributed by atoms with Crippen molar-refractivity contribution in [2.75, 3.05) is 13.2 Å². The molecule has 0 aromatic carbocycles. The van der Waals surface area contributed by atoms with Crippen molar-refractivity contribution in [3.8, 4) is 6.07 Å². The first-order valence-electron chi connectivity index (χ1n) is 6.40. The third-order valence-electron chi connectivity index (χ3n) is 3.62. The predicted octanol–water partition coefficient (Wildman–Crippen LogP) is 1.65. The molecule has 0 radical (unpaired) electrons. The van der Waals surface area contributed by atoms with Crippen molar-refractivity contribution in [2.45, 2.75) is 38.8 Å². The van der Waals surface area contributed by atoms with Gasteiger partial charge < -0.3 is 14.4 Å². The van der Waals surface area contributed by atoms with E-state index in [0.29, 0.717) is 26.1 Å². The Balaban J connectivity index is 2.25. The zero-order valence-electron chi connectivity index (χ0n) is 10.7. The number of aliphatic hydroxyl groups excluding tert-OH is 1.